The molecule has 1 unspecified atom stereocenters. The highest BCUT2D eigenvalue weighted by Crippen LogP contribution is 2.16. The van der Waals surface area contributed by atoms with E-state index >= 15 is 0 Å². The Morgan fingerprint density at radius 1 is 1.40 bits per heavy atom. The monoisotopic (exact) mass is 440 g/mol. The van der Waals surface area contributed by atoms with E-state index in [0.717, 1.165) is 11.3 Å². The Hall–Kier alpha value is -2.79. The van der Waals surface area contributed by atoms with Gasteiger partial charge >= 0.3 is 0 Å². The fourth-order valence-electron chi connectivity index (χ4n) is 3.06. The summed E-state index contributed by atoms with van der Waals surface area (Å²) in [5.74, 6) is -0.00395. The zero-order valence-electron chi connectivity index (χ0n) is 16.6. The lowest BCUT2D eigenvalue weighted by Gasteiger charge is -2.22. The first-order chi connectivity index (χ1) is 14.2. The maximum Gasteiger partial charge on any atom is 0.290 e. The van der Waals surface area contributed by atoms with Crippen LogP contribution in [0.3, 0.4) is 0 Å². The van der Waals surface area contributed by atoms with Crippen molar-refractivity contribution in [3.63, 3.8) is 0 Å². The van der Waals surface area contributed by atoms with E-state index in [-0.39, 0.29) is 35.7 Å². The molecule has 164 valence electrons. The molecule has 30 heavy (non-hydrogen) atoms. The fourth-order valence-corrected chi connectivity index (χ4v) is 4.86. The van der Waals surface area contributed by atoms with Gasteiger partial charge in [-0.05, 0) is 37.7 Å². The van der Waals surface area contributed by atoms with E-state index in [0.29, 0.717) is 25.9 Å². The summed E-state index contributed by atoms with van der Waals surface area (Å²) in [7, 11) is -1.07. The van der Waals surface area contributed by atoms with Crippen LogP contribution in [0.15, 0.2) is 36.7 Å². The van der Waals surface area contributed by atoms with Crippen LogP contribution in [-0.4, -0.2) is 71.7 Å². The minimum absolute atomic E-state index is 0.00302. The number of rotatable bonds is 7. The molecule has 0 radical (unpaired) electrons. The summed E-state index contributed by atoms with van der Waals surface area (Å²) < 4.78 is 37.7. The maximum absolute atomic E-state index is 13.0. The minimum Gasteiger partial charge on any atom is -0.483 e. The zero-order valence-corrected chi connectivity index (χ0v) is 17.4. The third kappa shape index (κ3) is 7.23. The third-order valence-corrected chi connectivity index (χ3v) is 6.49. The predicted molar refractivity (Wildman–Crippen MR) is 108 cm³/mol. The third-order valence-electron chi connectivity index (χ3n) is 4.74. The Bertz CT molecular complexity index is 946. The normalized spacial score (nSPS) is 17.2. The first kappa shape index (κ1) is 23.5. The Morgan fingerprint density at radius 2 is 2.07 bits per heavy atom. The number of carbonyl (C=O) groups is 2. The molecule has 0 spiro atoms. The molecule has 1 fully saturated rings. The van der Waals surface area contributed by atoms with Crippen LogP contribution in [0.5, 0.6) is 0 Å². The van der Waals surface area contributed by atoms with Crippen molar-refractivity contribution >= 4 is 22.2 Å². The van der Waals surface area contributed by atoms with E-state index < -0.39 is 9.84 Å². The maximum atomic E-state index is 13.0. The zero-order chi connectivity index (χ0) is 22.1. The van der Waals surface area contributed by atoms with E-state index in [1.807, 2.05) is 11.9 Å². The number of nitrogens with one attached hydrogen (secondary N) is 1. The quantitative estimate of drug-likeness (QED) is 0.612. The molecule has 2 N–H and O–H groups in total. The molecule has 0 saturated carbocycles. The van der Waals surface area contributed by atoms with Crippen molar-refractivity contribution in [1.82, 2.24) is 20.0 Å². The summed E-state index contributed by atoms with van der Waals surface area (Å²) in [6.07, 6.45) is 4.37. The highest BCUT2D eigenvalue weighted by atomic mass is 32.2. The summed E-state index contributed by atoms with van der Waals surface area (Å²) in [5, 5.41) is 13.9. The Balaban J connectivity index is 0.00000101. The smallest absolute Gasteiger partial charge is 0.290 e. The molecule has 1 amide bonds. The van der Waals surface area contributed by atoms with Gasteiger partial charge in [0.15, 0.2) is 9.84 Å². The molecule has 2 aromatic rings. The van der Waals surface area contributed by atoms with Gasteiger partial charge in [0, 0.05) is 37.3 Å². The number of amides is 1. The number of carbonyl (C=O) groups excluding carboxylic acids is 1. The van der Waals surface area contributed by atoms with Gasteiger partial charge in [0.25, 0.3) is 6.47 Å². The van der Waals surface area contributed by atoms with Crippen molar-refractivity contribution in [2.45, 2.75) is 25.4 Å². The van der Waals surface area contributed by atoms with Crippen LogP contribution < -0.4 is 5.32 Å². The number of carboxylic acid groups (broad SMARTS) is 1. The highest BCUT2D eigenvalue weighted by Gasteiger charge is 2.30. The van der Waals surface area contributed by atoms with Crippen LogP contribution in [0.1, 0.15) is 18.4 Å². The van der Waals surface area contributed by atoms with Gasteiger partial charge in [0.1, 0.15) is 5.82 Å². The van der Waals surface area contributed by atoms with Crippen LogP contribution in [0, 0.1) is 5.82 Å². The molecule has 1 aromatic heterocycles. The molecule has 11 heteroatoms. The van der Waals surface area contributed by atoms with Crippen molar-refractivity contribution in [2.75, 3.05) is 25.1 Å². The summed E-state index contributed by atoms with van der Waals surface area (Å²) in [5.41, 5.74) is 1.57. The van der Waals surface area contributed by atoms with Gasteiger partial charge in [0.2, 0.25) is 5.91 Å². The summed E-state index contributed by atoms with van der Waals surface area (Å²) in [6, 6.07) is 5.99. The molecular weight excluding hydrogens is 415 g/mol. The number of hydrogen-bond acceptors (Lipinski definition) is 6. The van der Waals surface area contributed by atoms with Crippen LogP contribution in [0.25, 0.3) is 5.69 Å². The molecule has 1 saturated heterocycles. The topological polar surface area (TPSA) is 122 Å². The van der Waals surface area contributed by atoms with E-state index in [1.54, 1.807) is 29.2 Å². The molecular formula is C19H25FN4O5S. The molecule has 9 nitrogen and oxygen atoms in total. The summed E-state index contributed by atoms with van der Waals surface area (Å²) in [6.45, 7) is 0.614. The number of halogens is 1. The first-order valence-corrected chi connectivity index (χ1v) is 11.1. The van der Waals surface area contributed by atoms with Crippen molar-refractivity contribution in [3.05, 3.63) is 48.0 Å². The average Bonchev–Trinajstić information content (AvgIpc) is 3.32. The van der Waals surface area contributed by atoms with Gasteiger partial charge in [-0.2, -0.15) is 5.10 Å². The minimum atomic E-state index is -2.92. The van der Waals surface area contributed by atoms with Crippen molar-refractivity contribution < 1.29 is 27.5 Å². The molecule has 1 atom stereocenters. The molecule has 1 aliphatic heterocycles. The Morgan fingerprint density at radius 3 is 2.67 bits per heavy atom. The first-order valence-electron chi connectivity index (χ1n) is 9.29. The lowest BCUT2D eigenvalue weighted by Crippen LogP contribution is -2.36. The second-order valence-corrected chi connectivity index (χ2v) is 9.17. The largest absolute Gasteiger partial charge is 0.483 e. The van der Waals surface area contributed by atoms with Gasteiger partial charge in [-0.1, -0.05) is 0 Å². The lowest BCUT2D eigenvalue weighted by atomic mass is 10.2. The molecule has 3 rings (SSSR count). The van der Waals surface area contributed by atoms with Crippen molar-refractivity contribution in [3.8, 4) is 5.69 Å². The molecule has 0 aliphatic carbocycles. The fraction of sp³-hybridized carbons (Fsp3) is 0.421. The highest BCUT2D eigenvalue weighted by molar-refractivity contribution is 7.91. The van der Waals surface area contributed by atoms with Crippen LogP contribution in [0.2, 0.25) is 0 Å². The lowest BCUT2D eigenvalue weighted by molar-refractivity contribution is -0.123. The van der Waals surface area contributed by atoms with Crippen molar-refractivity contribution in [1.29, 1.82) is 0 Å². The van der Waals surface area contributed by atoms with E-state index in [2.05, 4.69) is 10.4 Å². The number of benzene rings is 1. The molecule has 1 aliphatic rings. The summed E-state index contributed by atoms with van der Waals surface area (Å²) in [4.78, 5) is 22.4. The average molecular weight is 440 g/mol. The number of aromatic nitrogens is 2. The second-order valence-electron chi connectivity index (χ2n) is 6.94. The molecule has 0 bridgehead atoms. The number of sulfone groups is 1. The van der Waals surface area contributed by atoms with Crippen molar-refractivity contribution in [2.24, 2.45) is 0 Å². The van der Waals surface area contributed by atoms with Gasteiger partial charge in [-0.3, -0.25) is 9.59 Å². The van der Waals surface area contributed by atoms with Crippen LogP contribution >= 0.6 is 0 Å². The predicted octanol–water partition coefficient (Wildman–Crippen LogP) is 0.837. The van der Waals surface area contributed by atoms with Gasteiger partial charge < -0.3 is 15.3 Å². The van der Waals surface area contributed by atoms with Gasteiger partial charge in [-0.15, -0.1) is 0 Å². The Labute approximate surface area is 174 Å². The Kier molecular flexibility index (Phi) is 8.48. The molecule has 1 aromatic carbocycles. The van der Waals surface area contributed by atoms with Gasteiger partial charge in [0.05, 0.1) is 23.4 Å². The second kappa shape index (κ2) is 10.8. The van der Waals surface area contributed by atoms with Crippen LogP contribution in [0.4, 0.5) is 4.39 Å². The summed E-state index contributed by atoms with van der Waals surface area (Å²) >= 11 is 0. The molecule has 2 heterocycles. The standard InChI is InChI=1S/C18H23FN4O3S.CH2O2/c1-22(17-7-9-27(25,26)13-17)8-6-18(24)20-10-14-11-21-23(12-14)16-4-2-15(19)3-5-16;2-1-3/h2-5,11-12,17H,6-10,13H2,1H3,(H,20,24);1H,(H,2,3). The number of nitrogens with zero attached hydrogens (tertiary/aromatic N) is 3. The van der Waals surface area contributed by atoms with Crippen LogP contribution in [-0.2, 0) is 26.0 Å². The van der Waals surface area contributed by atoms with E-state index in [9.17, 15) is 17.6 Å². The van der Waals surface area contributed by atoms with Gasteiger partial charge in [-0.25, -0.2) is 17.5 Å². The number of hydrogen-bond donors (Lipinski definition) is 2. The van der Waals surface area contributed by atoms with E-state index in [1.165, 1.54) is 12.1 Å². The SMILES string of the molecule is CN(CCC(=O)NCc1cnn(-c2ccc(F)cc2)c1)C1CCS(=O)(=O)C1.O=CO. The van der Waals surface area contributed by atoms with E-state index in [4.69, 9.17) is 9.90 Å².